The fourth-order valence-electron chi connectivity index (χ4n) is 4.29. The Kier molecular flexibility index (Phi) is 14.3. The minimum absolute atomic E-state index is 0.0143. The number of rotatable bonds is 18. The summed E-state index contributed by atoms with van der Waals surface area (Å²) in [6.45, 7) is 9.72. The summed E-state index contributed by atoms with van der Waals surface area (Å²) >= 11 is 0. The number of benzene rings is 2. The summed E-state index contributed by atoms with van der Waals surface area (Å²) in [5, 5.41) is 12.3. The van der Waals surface area contributed by atoms with Crippen LogP contribution in [0.15, 0.2) is 86.0 Å². The van der Waals surface area contributed by atoms with Gasteiger partial charge in [0.25, 0.3) is 0 Å². The predicted molar refractivity (Wildman–Crippen MR) is 153 cm³/mol. The first kappa shape index (κ1) is 31.5. The molecule has 0 fully saturated rings. The minimum atomic E-state index is -0.617. The van der Waals surface area contributed by atoms with E-state index in [1.807, 2.05) is 60.7 Å². The van der Waals surface area contributed by atoms with E-state index in [9.17, 15) is 19.5 Å². The molecule has 210 valence electrons. The van der Waals surface area contributed by atoms with Crippen molar-refractivity contribution in [3.8, 4) is 0 Å². The molecule has 0 aliphatic rings. The van der Waals surface area contributed by atoms with Gasteiger partial charge in [-0.05, 0) is 43.7 Å². The van der Waals surface area contributed by atoms with Crippen molar-refractivity contribution >= 4 is 17.8 Å². The van der Waals surface area contributed by atoms with Gasteiger partial charge < -0.3 is 20.1 Å². The van der Waals surface area contributed by atoms with Gasteiger partial charge in [0, 0.05) is 19.5 Å². The highest BCUT2D eigenvalue weighted by Crippen LogP contribution is 2.18. The second-order valence-corrected chi connectivity index (χ2v) is 9.70. The summed E-state index contributed by atoms with van der Waals surface area (Å²) in [7, 11) is 0. The van der Waals surface area contributed by atoms with Gasteiger partial charge >= 0.3 is 5.97 Å². The summed E-state index contributed by atoms with van der Waals surface area (Å²) < 4.78 is 5.68. The van der Waals surface area contributed by atoms with Crippen molar-refractivity contribution in [2.45, 2.75) is 51.7 Å². The highest BCUT2D eigenvalue weighted by Gasteiger charge is 2.26. The largest absolute Gasteiger partial charge is 0.461 e. The van der Waals surface area contributed by atoms with E-state index in [1.165, 1.54) is 0 Å². The van der Waals surface area contributed by atoms with Gasteiger partial charge in [0.1, 0.15) is 6.10 Å². The lowest BCUT2D eigenvalue weighted by Gasteiger charge is -2.25. The van der Waals surface area contributed by atoms with Crippen LogP contribution < -0.4 is 5.32 Å². The third-order valence-corrected chi connectivity index (χ3v) is 6.44. The number of ether oxygens (including phenoxy) is 1. The van der Waals surface area contributed by atoms with Crippen molar-refractivity contribution in [3.63, 3.8) is 0 Å². The summed E-state index contributed by atoms with van der Waals surface area (Å²) in [5.74, 6) is -1.76. The Labute approximate surface area is 232 Å². The Hall–Kier alpha value is -3.71. The zero-order valence-electron chi connectivity index (χ0n) is 23.0. The van der Waals surface area contributed by atoms with Crippen molar-refractivity contribution < 1.29 is 24.2 Å². The fraction of sp³-hybridized carbons (Fsp3) is 0.406. The van der Waals surface area contributed by atoms with Crippen LogP contribution in [0.1, 0.15) is 43.7 Å². The van der Waals surface area contributed by atoms with Crippen molar-refractivity contribution in [2.75, 3.05) is 19.7 Å². The molecule has 2 aromatic carbocycles. The molecule has 0 bridgehead atoms. The zero-order valence-corrected chi connectivity index (χ0v) is 23.0. The fourth-order valence-corrected chi connectivity index (χ4v) is 4.29. The molecule has 2 amide bonds. The van der Waals surface area contributed by atoms with E-state index in [2.05, 4.69) is 18.5 Å². The molecule has 0 radical (unpaired) electrons. The summed E-state index contributed by atoms with van der Waals surface area (Å²) in [4.78, 5) is 40.5. The third kappa shape index (κ3) is 11.7. The van der Waals surface area contributed by atoms with Crippen LogP contribution >= 0.6 is 0 Å². The van der Waals surface area contributed by atoms with Crippen LogP contribution in [-0.2, 0) is 32.1 Å². The molecule has 7 heteroatoms. The van der Waals surface area contributed by atoms with Crippen molar-refractivity contribution in [1.29, 1.82) is 0 Å². The lowest BCUT2D eigenvalue weighted by molar-refractivity contribution is -0.153. The molecule has 0 aliphatic heterocycles. The molecule has 0 heterocycles. The highest BCUT2D eigenvalue weighted by atomic mass is 16.5. The number of carbonyl (C=O) groups excluding carboxylic acids is 3. The summed E-state index contributed by atoms with van der Waals surface area (Å²) in [6, 6.07) is 19.3. The number of nitrogens with one attached hydrogen (secondary N) is 1. The first-order valence-corrected chi connectivity index (χ1v) is 13.5. The van der Waals surface area contributed by atoms with Gasteiger partial charge in [-0.15, -0.1) is 13.2 Å². The number of hydrogen-bond acceptors (Lipinski definition) is 5. The topological polar surface area (TPSA) is 95.9 Å². The van der Waals surface area contributed by atoms with Crippen LogP contribution in [0, 0.1) is 11.8 Å². The van der Waals surface area contributed by atoms with Crippen LogP contribution in [0.2, 0.25) is 0 Å². The van der Waals surface area contributed by atoms with Crippen LogP contribution in [0.5, 0.6) is 0 Å². The molecule has 2 aromatic rings. The lowest BCUT2D eigenvalue weighted by atomic mass is 9.95. The Morgan fingerprint density at radius 2 is 1.62 bits per heavy atom. The van der Waals surface area contributed by atoms with Crippen molar-refractivity contribution in [1.82, 2.24) is 10.2 Å². The smallest absolute Gasteiger partial charge is 0.309 e. The van der Waals surface area contributed by atoms with Crippen molar-refractivity contribution in [2.24, 2.45) is 11.8 Å². The number of amides is 2. The van der Waals surface area contributed by atoms with Crippen LogP contribution in [0.4, 0.5) is 0 Å². The third-order valence-electron chi connectivity index (χ3n) is 6.44. The average molecular weight is 535 g/mol. The number of carbonyl (C=O) groups is 3. The predicted octanol–water partition coefficient (Wildman–Crippen LogP) is 4.46. The van der Waals surface area contributed by atoms with Gasteiger partial charge in [-0.2, -0.15) is 0 Å². The van der Waals surface area contributed by atoms with Crippen molar-refractivity contribution in [3.05, 3.63) is 97.1 Å². The van der Waals surface area contributed by atoms with Gasteiger partial charge in [-0.3, -0.25) is 14.4 Å². The zero-order chi connectivity index (χ0) is 28.5. The first-order valence-electron chi connectivity index (χ1n) is 13.5. The van der Waals surface area contributed by atoms with Gasteiger partial charge in [0.05, 0.1) is 25.0 Å². The molecular formula is C32H42N2O5. The van der Waals surface area contributed by atoms with E-state index >= 15 is 0 Å². The first-order chi connectivity index (χ1) is 18.9. The quantitative estimate of drug-likeness (QED) is 0.217. The average Bonchev–Trinajstić information content (AvgIpc) is 2.94. The number of aliphatic hydroxyl groups excluding tert-OH is 1. The molecule has 2 rings (SSSR count). The Morgan fingerprint density at radius 3 is 2.21 bits per heavy atom. The Bertz CT molecular complexity index is 1040. The Morgan fingerprint density at radius 1 is 0.974 bits per heavy atom. The van der Waals surface area contributed by atoms with E-state index < -0.39 is 12.0 Å². The lowest BCUT2D eigenvalue weighted by Crippen LogP contribution is -2.40. The minimum Gasteiger partial charge on any atom is -0.461 e. The van der Waals surface area contributed by atoms with E-state index in [0.717, 1.165) is 11.1 Å². The number of aliphatic hydroxyl groups is 1. The molecule has 0 saturated heterocycles. The molecule has 0 aliphatic carbocycles. The monoisotopic (exact) mass is 534 g/mol. The number of allylic oxidation sites excluding steroid dienone is 2. The molecule has 7 nitrogen and oxygen atoms in total. The second kappa shape index (κ2) is 17.7. The van der Waals surface area contributed by atoms with E-state index in [0.29, 0.717) is 32.2 Å². The molecular weight excluding hydrogens is 492 g/mol. The van der Waals surface area contributed by atoms with Gasteiger partial charge in [-0.25, -0.2) is 0 Å². The maximum atomic E-state index is 13.0. The number of nitrogens with zero attached hydrogens (tertiary/aromatic N) is 1. The van der Waals surface area contributed by atoms with Crippen LogP contribution in [0.25, 0.3) is 0 Å². The normalized spacial score (nSPS) is 13.0. The second-order valence-electron chi connectivity index (χ2n) is 9.70. The van der Waals surface area contributed by atoms with Gasteiger partial charge in [0.2, 0.25) is 11.8 Å². The SMILES string of the molecule is C=CCC[C@H](Cc1ccccc1)C(=O)O[C@@H](C)CNC(=O)[C@@H](CC=C)CC(=O)N(CCO)Cc1ccccc1. The van der Waals surface area contributed by atoms with E-state index in [4.69, 9.17) is 4.74 Å². The maximum absolute atomic E-state index is 13.0. The molecule has 39 heavy (non-hydrogen) atoms. The molecule has 3 atom stereocenters. The highest BCUT2D eigenvalue weighted by molar-refractivity contribution is 5.86. The summed E-state index contributed by atoms with van der Waals surface area (Å²) in [5.41, 5.74) is 2.00. The molecule has 0 aromatic heterocycles. The van der Waals surface area contributed by atoms with Gasteiger partial charge in [-0.1, -0.05) is 72.8 Å². The molecule has 2 N–H and O–H groups in total. The molecule has 0 spiro atoms. The van der Waals surface area contributed by atoms with E-state index in [1.54, 1.807) is 24.0 Å². The summed E-state index contributed by atoms with van der Waals surface area (Å²) in [6.07, 6.45) is 5.08. The standard InChI is InChI=1S/C32H42N2O5/c1-4-6-18-29(21-26-14-9-7-10-15-26)32(38)39-25(3)23-33-31(37)28(13-5-2)22-30(36)34(19-20-35)24-27-16-11-8-12-17-27/h4-5,7-12,14-17,25,28-29,35H,1-2,6,13,18-24H2,3H3,(H,33,37)/t25-,28-,29+/m0/s1. The maximum Gasteiger partial charge on any atom is 0.309 e. The van der Waals surface area contributed by atoms with Gasteiger partial charge in [0.15, 0.2) is 0 Å². The Balaban J connectivity index is 1.92. The molecule has 0 unspecified atom stereocenters. The van der Waals surface area contributed by atoms with E-state index in [-0.39, 0.29) is 49.8 Å². The number of esters is 1. The number of hydrogen-bond donors (Lipinski definition) is 2. The van der Waals surface area contributed by atoms with Crippen LogP contribution in [-0.4, -0.2) is 53.6 Å². The van der Waals surface area contributed by atoms with Crippen LogP contribution in [0.3, 0.4) is 0 Å². The molecule has 0 saturated carbocycles.